The predicted octanol–water partition coefficient (Wildman–Crippen LogP) is 3.58. The highest BCUT2D eigenvalue weighted by atomic mass is 35.5. The molecule has 2 aromatic carbocycles. The van der Waals surface area contributed by atoms with E-state index in [1.807, 2.05) is 59.3 Å². The fraction of sp³-hybridized carbons (Fsp3) is 0.167. The van der Waals surface area contributed by atoms with Crippen LogP contribution >= 0.6 is 11.6 Å². The van der Waals surface area contributed by atoms with E-state index in [1.54, 1.807) is 7.11 Å². The van der Waals surface area contributed by atoms with Crippen LogP contribution in [0.4, 0.5) is 0 Å². The molecule has 5 heteroatoms. The lowest BCUT2D eigenvalue weighted by molar-refractivity contribution is 0.414. The van der Waals surface area contributed by atoms with Crippen LogP contribution in [0, 0.1) is 0 Å². The van der Waals surface area contributed by atoms with Gasteiger partial charge in [0.15, 0.2) is 0 Å². The second-order valence-corrected chi connectivity index (χ2v) is 5.63. The van der Waals surface area contributed by atoms with E-state index in [0.29, 0.717) is 11.6 Å². The zero-order chi connectivity index (χ0) is 16.2. The summed E-state index contributed by atoms with van der Waals surface area (Å²) in [7, 11) is 1.66. The zero-order valence-electron chi connectivity index (χ0n) is 12.9. The molecule has 0 saturated carbocycles. The molecule has 3 rings (SSSR count). The highest BCUT2D eigenvalue weighted by molar-refractivity contribution is 6.32. The van der Waals surface area contributed by atoms with Gasteiger partial charge in [0.25, 0.3) is 0 Å². The highest BCUT2D eigenvalue weighted by Gasteiger charge is 2.12. The summed E-state index contributed by atoms with van der Waals surface area (Å²) in [4.78, 5) is 0. The monoisotopic (exact) mass is 327 g/mol. The molecule has 0 amide bonds. The minimum Gasteiger partial charge on any atom is -0.497 e. The molecule has 1 aromatic heterocycles. The molecule has 1 heterocycles. The molecular formula is C18H18ClN3O. The van der Waals surface area contributed by atoms with Crippen molar-refractivity contribution in [1.82, 2.24) is 9.78 Å². The SMILES string of the molecule is COc1ccc(Cc2cc(CN)nn2-c2ccccc2Cl)cc1. The van der Waals surface area contributed by atoms with Crippen molar-refractivity contribution in [1.29, 1.82) is 0 Å². The summed E-state index contributed by atoms with van der Waals surface area (Å²) in [5, 5.41) is 5.23. The lowest BCUT2D eigenvalue weighted by atomic mass is 10.1. The molecule has 0 aliphatic rings. The average molecular weight is 328 g/mol. The fourth-order valence-electron chi connectivity index (χ4n) is 2.49. The largest absolute Gasteiger partial charge is 0.497 e. The third-order valence-electron chi connectivity index (χ3n) is 3.67. The van der Waals surface area contributed by atoms with Gasteiger partial charge in [-0.3, -0.25) is 0 Å². The number of para-hydroxylation sites is 1. The molecule has 0 radical (unpaired) electrons. The van der Waals surface area contributed by atoms with E-state index in [1.165, 1.54) is 5.56 Å². The van der Waals surface area contributed by atoms with E-state index >= 15 is 0 Å². The standard InChI is InChI=1S/C18H18ClN3O/c1-23-16-8-6-13(7-9-16)10-15-11-14(12-20)21-22(15)18-5-3-2-4-17(18)19/h2-9,11H,10,12,20H2,1H3. The number of nitrogens with two attached hydrogens (primary N) is 1. The Morgan fingerprint density at radius 1 is 1.13 bits per heavy atom. The third kappa shape index (κ3) is 3.38. The normalized spacial score (nSPS) is 10.7. The Morgan fingerprint density at radius 2 is 1.87 bits per heavy atom. The summed E-state index contributed by atoms with van der Waals surface area (Å²) < 4.78 is 7.07. The Labute approximate surface area is 140 Å². The van der Waals surface area contributed by atoms with Crippen molar-refractivity contribution in [3.05, 3.63) is 76.6 Å². The minimum absolute atomic E-state index is 0.396. The van der Waals surface area contributed by atoms with Crippen LogP contribution in [-0.4, -0.2) is 16.9 Å². The van der Waals surface area contributed by atoms with Gasteiger partial charge in [-0.15, -0.1) is 0 Å². The number of nitrogens with zero attached hydrogens (tertiary/aromatic N) is 2. The first-order valence-electron chi connectivity index (χ1n) is 7.37. The van der Waals surface area contributed by atoms with Gasteiger partial charge >= 0.3 is 0 Å². The van der Waals surface area contributed by atoms with Crippen molar-refractivity contribution in [2.45, 2.75) is 13.0 Å². The molecule has 23 heavy (non-hydrogen) atoms. The third-order valence-corrected chi connectivity index (χ3v) is 3.99. The van der Waals surface area contributed by atoms with Gasteiger partial charge in [0.1, 0.15) is 5.75 Å². The summed E-state index contributed by atoms with van der Waals surface area (Å²) in [6, 6.07) is 17.7. The second kappa shape index (κ2) is 6.86. The number of halogens is 1. The van der Waals surface area contributed by atoms with Crippen molar-refractivity contribution in [3.63, 3.8) is 0 Å². The van der Waals surface area contributed by atoms with E-state index in [-0.39, 0.29) is 0 Å². The molecule has 0 bridgehead atoms. The molecule has 0 aliphatic heterocycles. The molecule has 0 unspecified atom stereocenters. The fourth-order valence-corrected chi connectivity index (χ4v) is 2.70. The average Bonchev–Trinajstić information content (AvgIpc) is 2.99. The van der Waals surface area contributed by atoms with Gasteiger partial charge in [0.2, 0.25) is 0 Å². The van der Waals surface area contributed by atoms with Gasteiger partial charge in [-0.2, -0.15) is 5.10 Å². The molecule has 0 atom stereocenters. The lowest BCUT2D eigenvalue weighted by Crippen LogP contribution is -2.04. The molecular weight excluding hydrogens is 310 g/mol. The number of ether oxygens (including phenoxy) is 1. The van der Waals surface area contributed by atoms with E-state index in [2.05, 4.69) is 5.10 Å². The molecule has 0 spiro atoms. The van der Waals surface area contributed by atoms with Crippen molar-refractivity contribution in [2.75, 3.05) is 7.11 Å². The first kappa shape index (κ1) is 15.6. The number of hydrogen-bond donors (Lipinski definition) is 1. The Hall–Kier alpha value is -2.30. The number of aromatic nitrogens is 2. The van der Waals surface area contributed by atoms with Crippen LogP contribution < -0.4 is 10.5 Å². The first-order valence-corrected chi connectivity index (χ1v) is 7.75. The Morgan fingerprint density at radius 3 is 2.52 bits per heavy atom. The highest BCUT2D eigenvalue weighted by Crippen LogP contribution is 2.23. The molecule has 0 aliphatic carbocycles. The Balaban J connectivity index is 1.98. The summed E-state index contributed by atoms with van der Waals surface area (Å²) >= 11 is 6.32. The molecule has 3 aromatic rings. The van der Waals surface area contributed by atoms with Gasteiger partial charge in [-0.05, 0) is 35.9 Å². The summed E-state index contributed by atoms with van der Waals surface area (Å²) in [5.41, 5.74) is 9.67. The van der Waals surface area contributed by atoms with Crippen molar-refractivity contribution >= 4 is 11.6 Å². The topological polar surface area (TPSA) is 53.1 Å². The van der Waals surface area contributed by atoms with E-state index < -0.39 is 0 Å². The zero-order valence-corrected chi connectivity index (χ0v) is 13.6. The first-order chi connectivity index (χ1) is 11.2. The van der Waals surface area contributed by atoms with Gasteiger partial charge in [-0.25, -0.2) is 4.68 Å². The van der Waals surface area contributed by atoms with Crippen LogP contribution in [0.3, 0.4) is 0 Å². The Bertz CT molecular complexity index is 796. The molecule has 4 nitrogen and oxygen atoms in total. The van der Waals surface area contributed by atoms with E-state index in [4.69, 9.17) is 22.1 Å². The van der Waals surface area contributed by atoms with Crippen LogP contribution in [0.1, 0.15) is 17.0 Å². The molecule has 2 N–H and O–H groups in total. The van der Waals surface area contributed by atoms with Crippen LogP contribution in [-0.2, 0) is 13.0 Å². The van der Waals surface area contributed by atoms with Crippen molar-refractivity contribution in [2.24, 2.45) is 5.73 Å². The lowest BCUT2D eigenvalue weighted by Gasteiger charge is -2.09. The number of benzene rings is 2. The van der Waals surface area contributed by atoms with Gasteiger partial charge in [0, 0.05) is 18.7 Å². The van der Waals surface area contributed by atoms with Crippen molar-refractivity contribution in [3.8, 4) is 11.4 Å². The van der Waals surface area contributed by atoms with E-state index in [9.17, 15) is 0 Å². The maximum atomic E-state index is 6.32. The molecule has 0 fully saturated rings. The number of hydrogen-bond acceptors (Lipinski definition) is 3. The molecule has 118 valence electrons. The molecule has 0 saturated heterocycles. The van der Waals surface area contributed by atoms with Crippen LogP contribution in [0.25, 0.3) is 5.69 Å². The Kier molecular flexibility index (Phi) is 4.65. The number of methoxy groups -OCH3 is 1. The maximum Gasteiger partial charge on any atom is 0.118 e. The van der Waals surface area contributed by atoms with Gasteiger partial charge in [-0.1, -0.05) is 35.9 Å². The van der Waals surface area contributed by atoms with Crippen LogP contribution in [0.2, 0.25) is 5.02 Å². The minimum atomic E-state index is 0.396. The van der Waals surface area contributed by atoms with Crippen molar-refractivity contribution < 1.29 is 4.74 Å². The predicted molar refractivity (Wildman–Crippen MR) is 92.3 cm³/mol. The van der Waals surface area contributed by atoms with E-state index in [0.717, 1.165) is 29.2 Å². The van der Waals surface area contributed by atoms with Crippen LogP contribution in [0.5, 0.6) is 5.75 Å². The van der Waals surface area contributed by atoms with Gasteiger partial charge in [0.05, 0.1) is 23.5 Å². The second-order valence-electron chi connectivity index (χ2n) is 5.22. The van der Waals surface area contributed by atoms with Gasteiger partial charge < -0.3 is 10.5 Å². The summed E-state index contributed by atoms with van der Waals surface area (Å²) in [5.74, 6) is 0.844. The quantitative estimate of drug-likeness (QED) is 0.779. The smallest absolute Gasteiger partial charge is 0.118 e. The number of rotatable bonds is 5. The summed E-state index contributed by atoms with van der Waals surface area (Å²) in [6.45, 7) is 0.396. The maximum absolute atomic E-state index is 6.32. The summed E-state index contributed by atoms with van der Waals surface area (Å²) in [6.07, 6.45) is 0.738. The van der Waals surface area contributed by atoms with Crippen LogP contribution in [0.15, 0.2) is 54.6 Å².